The molecule has 1 aromatic carbocycles. The van der Waals surface area contributed by atoms with Crippen LogP contribution in [0, 0.1) is 12.8 Å². The summed E-state index contributed by atoms with van der Waals surface area (Å²) in [6.07, 6.45) is 2.64. The molecule has 2 saturated heterocycles. The van der Waals surface area contributed by atoms with Gasteiger partial charge in [0.2, 0.25) is 11.8 Å². The van der Waals surface area contributed by atoms with Gasteiger partial charge in [-0.3, -0.25) is 9.59 Å². The van der Waals surface area contributed by atoms with Crippen molar-refractivity contribution in [3.05, 3.63) is 46.1 Å². The second-order valence-corrected chi connectivity index (χ2v) is 9.00. The summed E-state index contributed by atoms with van der Waals surface area (Å²) in [6.45, 7) is 4.10. The monoisotopic (exact) mass is 475 g/mol. The summed E-state index contributed by atoms with van der Waals surface area (Å²) in [6, 6.07) is 9.74. The number of rotatable bonds is 4. The van der Waals surface area contributed by atoms with Crippen LogP contribution in [-0.4, -0.2) is 48.2 Å². The van der Waals surface area contributed by atoms with Crippen molar-refractivity contribution in [1.82, 2.24) is 10.1 Å². The van der Waals surface area contributed by atoms with Crippen molar-refractivity contribution in [3.8, 4) is 0 Å². The van der Waals surface area contributed by atoms with Crippen LogP contribution in [0.25, 0.3) is 0 Å². The van der Waals surface area contributed by atoms with E-state index in [1.165, 1.54) is 0 Å². The largest absolute Gasteiger partial charge is 0.381 e. The number of piperidine rings is 1. The van der Waals surface area contributed by atoms with E-state index in [4.69, 9.17) is 9.26 Å². The van der Waals surface area contributed by atoms with Crippen molar-refractivity contribution in [2.75, 3.05) is 31.6 Å². The topological polar surface area (TPSA) is 84.7 Å². The van der Waals surface area contributed by atoms with E-state index in [2.05, 4.69) is 26.4 Å². The van der Waals surface area contributed by atoms with E-state index in [0.29, 0.717) is 63.6 Å². The fraction of sp³-hybridized carbons (Fsp3) is 0.500. The van der Waals surface area contributed by atoms with Crippen LogP contribution in [0.1, 0.15) is 37.0 Å². The van der Waals surface area contributed by atoms with Crippen LogP contribution in [-0.2, 0) is 19.7 Å². The second kappa shape index (κ2) is 8.89. The van der Waals surface area contributed by atoms with E-state index < -0.39 is 5.41 Å². The summed E-state index contributed by atoms with van der Waals surface area (Å²) in [7, 11) is 0. The minimum atomic E-state index is -0.549. The molecule has 30 heavy (non-hydrogen) atoms. The first kappa shape index (κ1) is 21.1. The first-order chi connectivity index (χ1) is 14.5. The van der Waals surface area contributed by atoms with E-state index >= 15 is 0 Å². The van der Waals surface area contributed by atoms with Gasteiger partial charge in [-0.05, 0) is 50.3 Å². The van der Waals surface area contributed by atoms with Crippen molar-refractivity contribution < 1.29 is 18.8 Å². The lowest BCUT2D eigenvalue weighted by molar-refractivity contribution is -0.143. The Morgan fingerprint density at radius 2 is 1.83 bits per heavy atom. The number of amides is 2. The molecule has 2 aliphatic rings. The molecule has 3 heterocycles. The molecule has 0 atom stereocenters. The molecule has 1 aromatic heterocycles. The normalized spacial score (nSPS) is 19.5. The number of nitrogens with zero attached hydrogens (tertiary/aromatic N) is 2. The molecule has 2 aliphatic heterocycles. The highest BCUT2D eigenvalue weighted by Gasteiger charge is 2.45. The number of carbonyl (C=O) groups is 2. The molecular weight excluding hydrogens is 450 g/mol. The van der Waals surface area contributed by atoms with Gasteiger partial charge in [0.15, 0.2) is 5.82 Å². The minimum Gasteiger partial charge on any atom is -0.381 e. The summed E-state index contributed by atoms with van der Waals surface area (Å²) in [5.41, 5.74) is 0.493. The maximum Gasteiger partial charge on any atom is 0.233 e. The van der Waals surface area contributed by atoms with Crippen LogP contribution in [0.4, 0.5) is 5.82 Å². The molecule has 0 saturated carbocycles. The standard InChI is InChI=1S/C22H26BrN3O4/c1-15-14-19(25-30-15)24-20(27)16-6-10-26(11-7-16)21(28)22(8-12-29-13-9-22)17-2-4-18(23)5-3-17/h2-5,14,16H,6-13H2,1H3,(H,24,25,27). The Kier molecular flexibility index (Phi) is 6.24. The molecule has 7 nitrogen and oxygen atoms in total. The summed E-state index contributed by atoms with van der Waals surface area (Å²) >= 11 is 3.48. The van der Waals surface area contributed by atoms with Crippen LogP contribution in [0.5, 0.6) is 0 Å². The number of nitrogens with one attached hydrogen (secondary N) is 1. The zero-order valence-corrected chi connectivity index (χ0v) is 18.6. The minimum absolute atomic E-state index is 0.0657. The first-order valence-electron chi connectivity index (χ1n) is 10.4. The van der Waals surface area contributed by atoms with Crippen molar-refractivity contribution in [2.45, 2.75) is 38.0 Å². The van der Waals surface area contributed by atoms with Gasteiger partial charge >= 0.3 is 0 Å². The third-order valence-electron chi connectivity index (χ3n) is 6.18. The van der Waals surface area contributed by atoms with Crippen molar-refractivity contribution in [2.24, 2.45) is 5.92 Å². The summed E-state index contributed by atoms with van der Waals surface area (Å²) < 4.78 is 11.6. The highest BCUT2D eigenvalue weighted by molar-refractivity contribution is 9.10. The molecule has 0 unspecified atom stereocenters. The lowest BCUT2D eigenvalue weighted by atomic mass is 9.72. The Hall–Kier alpha value is -2.19. The van der Waals surface area contributed by atoms with Crippen molar-refractivity contribution in [1.29, 1.82) is 0 Å². The third-order valence-corrected chi connectivity index (χ3v) is 6.71. The Balaban J connectivity index is 1.43. The fourth-order valence-corrected chi connectivity index (χ4v) is 4.68. The molecule has 0 spiro atoms. The fourth-order valence-electron chi connectivity index (χ4n) is 4.42. The predicted octanol–water partition coefficient (Wildman–Crippen LogP) is 3.67. The summed E-state index contributed by atoms with van der Waals surface area (Å²) in [5.74, 6) is 1.04. The van der Waals surface area contributed by atoms with Gasteiger partial charge < -0.3 is 19.5 Å². The van der Waals surface area contributed by atoms with E-state index in [1.807, 2.05) is 29.2 Å². The lowest BCUT2D eigenvalue weighted by Gasteiger charge is -2.42. The SMILES string of the molecule is Cc1cc(NC(=O)C2CCN(C(=O)C3(c4ccc(Br)cc4)CCOCC3)CC2)no1. The molecule has 0 bridgehead atoms. The van der Waals surface area contributed by atoms with E-state index in [-0.39, 0.29) is 17.7 Å². The smallest absolute Gasteiger partial charge is 0.233 e. The zero-order valence-electron chi connectivity index (χ0n) is 17.0. The summed E-state index contributed by atoms with van der Waals surface area (Å²) in [4.78, 5) is 28.1. The molecule has 0 radical (unpaired) electrons. The van der Waals surface area contributed by atoms with Gasteiger partial charge in [0.05, 0.1) is 5.41 Å². The maximum absolute atomic E-state index is 13.7. The van der Waals surface area contributed by atoms with Crippen molar-refractivity contribution >= 4 is 33.6 Å². The van der Waals surface area contributed by atoms with Crippen molar-refractivity contribution in [3.63, 3.8) is 0 Å². The van der Waals surface area contributed by atoms with Gasteiger partial charge in [-0.25, -0.2) is 0 Å². The van der Waals surface area contributed by atoms with Crippen LogP contribution >= 0.6 is 15.9 Å². The summed E-state index contributed by atoms with van der Waals surface area (Å²) in [5, 5.41) is 6.63. The molecular formula is C22H26BrN3O4. The number of ether oxygens (including phenoxy) is 1. The van der Waals surface area contributed by atoms with Gasteiger partial charge in [-0.2, -0.15) is 0 Å². The molecule has 1 N–H and O–H groups in total. The van der Waals surface area contributed by atoms with Crippen LogP contribution in [0.3, 0.4) is 0 Å². The number of carbonyl (C=O) groups excluding carboxylic acids is 2. The van der Waals surface area contributed by atoms with Gasteiger partial charge in [0, 0.05) is 42.8 Å². The maximum atomic E-state index is 13.7. The number of benzene rings is 1. The quantitative estimate of drug-likeness (QED) is 0.728. The molecule has 2 amide bonds. The zero-order chi connectivity index (χ0) is 21.1. The molecule has 2 fully saturated rings. The highest BCUT2D eigenvalue weighted by atomic mass is 79.9. The van der Waals surface area contributed by atoms with Gasteiger partial charge in [-0.15, -0.1) is 0 Å². The number of halogens is 1. The van der Waals surface area contributed by atoms with E-state index in [0.717, 1.165) is 10.0 Å². The highest BCUT2D eigenvalue weighted by Crippen LogP contribution is 2.38. The Morgan fingerprint density at radius 1 is 1.17 bits per heavy atom. The van der Waals surface area contributed by atoms with E-state index in [1.54, 1.807) is 13.0 Å². The first-order valence-corrected chi connectivity index (χ1v) is 11.1. The second-order valence-electron chi connectivity index (χ2n) is 8.08. The number of aryl methyl sites for hydroxylation is 1. The Bertz CT molecular complexity index is 897. The average molecular weight is 476 g/mol. The third kappa shape index (κ3) is 4.30. The number of anilines is 1. The van der Waals surface area contributed by atoms with Gasteiger partial charge in [0.25, 0.3) is 0 Å². The average Bonchev–Trinajstić information content (AvgIpc) is 3.18. The Labute approximate surface area is 184 Å². The predicted molar refractivity (Wildman–Crippen MR) is 115 cm³/mol. The molecule has 8 heteroatoms. The number of aromatic nitrogens is 1. The van der Waals surface area contributed by atoms with Crippen LogP contribution < -0.4 is 5.32 Å². The van der Waals surface area contributed by atoms with E-state index in [9.17, 15) is 9.59 Å². The number of hydrogen-bond donors (Lipinski definition) is 1. The van der Waals surface area contributed by atoms with Gasteiger partial charge in [-0.1, -0.05) is 33.2 Å². The Morgan fingerprint density at radius 3 is 2.43 bits per heavy atom. The van der Waals surface area contributed by atoms with Gasteiger partial charge in [0.1, 0.15) is 5.76 Å². The molecule has 160 valence electrons. The van der Waals surface area contributed by atoms with Crippen LogP contribution in [0.15, 0.2) is 39.3 Å². The lowest BCUT2D eigenvalue weighted by Crippen LogP contribution is -2.52. The number of hydrogen-bond acceptors (Lipinski definition) is 5. The molecule has 2 aromatic rings. The van der Waals surface area contributed by atoms with Crippen LogP contribution in [0.2, 0.25) is 0 Å². The molecule has 0 aliphatic carbocycles. The number of likely N-dealkylation sites (tertiary alicyclic amines) is 1. The molecule has 4 rings (SSSR count).